The van der Waals surface area contributed by atoms with Crippen LogP contribution in [-0.2, 0) is 19.1 Å². The van der Waals surface area contributed by atoms with E-state index in [0.29, 0.717) is 24.5 Å². The monoisotopic (exact) mass is 374 g/mol. The SMILES string of the molecule is COc1ccc(C)cc1N1C[C@@H](C(=O)O[C@@H](C)C(=O)N2CCCC2)CC1=O. The van der Waals surface area contributed by atoms with Crippen LogP contribution in [0.5, 0.6) is 5.75 Å². The van der Waals surface area contributed by atoms with E-state index in [1.54, 1.807) is 29.9 Å². The molecular weight excluding hydrogens is 348 g/mol. The van der Waals surface area contributed by atoms with E-state index in [0.717, 1.165) is 18.4 Å². The van der Waals surface area contributed by atoms with Gasteiger partial charge in [0.2, 0.25) is 5.91 Å². The molecule has 7 heteroatoms. The predicted octanol–water partition coefficient (Wildman–Crippen LogP) is 1.91. The molecule has 0 aromatic heterocycles. The minimum atomic E-state index is -0.826. The summed E-state index contributed by atoms with van der Waals surface area (Å²) in [5, 5.41) is 0. The maximum absolute atomic E-state index is 12.5. The molecule has 0 radical (unpaired) electrons. The fourth-order valence-electron chi connectivity index (χ4n) is 3.62. The van der Waals surface area contributed by atoms with Gasteiger partial charge >= 0.3 is 5.97 Å². The highest BCUT2D eigenvalue weighted by molar-refractivity contribution is 6.00. The summed E-state index contributed by atoms with van der Waals surface area (Å²) in [6.45, 7) is 5.17. The molecule has 146 valence electrons. The summed E-state index contributed by atoms with van der Waals surface area (Å²) in [4.78, 5) is 40.6. The Balaban J connectivity index is 1.65. The highest BCUT2D eigenvalue weighted by Crippen LogP contribution is 2.34. The lowest BCUT2D eigenvalue weighted by molar-refractivity contribution is -0.161. The molecular formula is C20H26N2O5. The molecule has 2 heterocycles. The molecule has 0 N–H and O–H groups in total. The van der Waals surface area contributed by atoms with E-state index in [1.807, 2.05) is 19.1 Å². The van der Waals surface area contributed by atoms with Gasteiger partial charge in [0.15, 0.2) is 6.10 Å². The van der Waals surface area contributed by atoms with Crippen molar-refractivity contribution >= 4 is 23.5 Å². The van der Waals surface area contributed by atoms with Crippen LogP contribution in [0.3, 0.4) is 0 Å². The summed E-state index contributed by atoms with van der Waals surface area (Å²) in [6.07, 6.45) is 1.21. The first kappa shape index (κ1) is 19.2. The Morgan fingerprint density at radius 2 is 1.93 bits per heavy atom. The lowest BCUT2D eigenvalue weighted by Gasteiger charge is -2.22. The van der Waals surface area contributed by atoms with Crippen molar-refractivity contribution in [1.82, 2.24) is 4.90 Å². The Labute approximate surface area is 159 Å². The van der Waals surface area contributed by atoms with Crippen LogP contribution >= 0.6 is 0 Å². The van der Waals surface area contributed by atoms with Gasteiger partial charge in [0, 0.05) is 26.1 Å². The molecule has 2 aliphatic rings. The van der Waals surface area contributed by atoms with Crippen LogP contribution in [0.1, 0.15) is 31.7 Å². The molecule has 1 aromatic carbocycles. The van der Waals surface area contributed by atoms with Gasteiger partial charge in [0.25, 0.3) is 5.91 Å². The second-order valence-electron chi connectivity index (χ2n) is 7.19. The van der Waals surface area contributed by atoms with Crippen molar-refractivity contribution < 1.29 is 23.9 Å². The second kappa shape index (κ2) is 7.98. The summed E-state index contributed by atoms with van der Waals surface area (Å²) < 4.78 is 10.7. The van der Waals surface area contributed by atoms with Crippen LogP contribution < -0.4 is 9.64 Å². The van der Waals surface area contributed by atoms with Gasteiger partial charge in [-0.2, -0.15) is 0 Å². The largest absolute Gasteiger partial charge is 0.495 e. The molecule has 0 spiro atoms. The number of hydrogen-bond acceptors (Lipinski definition) is 5. The summed E-state index contributed by atoms with van der Waals surface area (Å²) in [6, 6.07) is 5.57. The van der Waals surface area contributed by atoms with Gasteiger partial charge in [-0.15, -0.1) is 0 Å². The number of hydrogen-bond donors (Lipinski definition) is 0. The highest BCUT2D eigenvalue weighted by atomic mass is 16.5. The Hall–Kier alpha value is -2.57. The van der Waals surface area contributed by atoms with Gasteiger partial charge in [0.05, 0.1) is 18.7 Å². The van der Waals surface area contributed by atoms with E-state index < -0.39 is 18.0 Å². The van der Waals surface area contributed by atoms with E-state index >= 15 is 0 Å². The third-order valence-corrected chi connectivity index (χ3v) is 5.14. The molecule has 2 atom stereocenters. The summed E-state index contributed by atoms with van der Waals surface area (Å²) in [7, 11) is 1.55. The van der Waals surface area contributed by atoms with E-state index in [9.17, 15) is 14.4 Å². The molecule has 2 amide bonds. The van der Waals surface area contributed by atoms with E-state index in [-0.39, 0.29) is 24.8 Å². The van der Waals surface area contributed by atoms with Gasteiger partial charge in [-0.3, -0.25) is 14.4 Å². The molecule has 0 unspecified atom stereocenters. The van der Waals surface area contributed by atoms with Crippen molar-refractivity contribution in [2.75, 3.05) is 31.6 Å². The van der Waals surface area contributed by atoms with Gasteiger partial charge in [-0.1, -0.05) is 6.07 Å². The Morgan fingerprint density at radius 3 is 2.59 bits per heavy atom. The third kappa shape index (κ3) is 4.07. The maximum Gasteiger partial charge on any atom is 0.312 e. The number of benzene rings is 1. The number of rotatable bonds is 5. The fraction of sp³-hybridized carbons (Fsp3) is 0.550. The van der Waals surface area contributed by atoms with E-state index in [4.69, 9.17) is 9.47 Å². The van der Waals surface area contributed by atoms with Crippen LogP contribution in [0.25, 0.3) is 0 Å². The molecule has 27 heavy (non-hydrogen) atoms. The van der Waals surface area contributed by atoms with Crippen LogP contribution in [-0.4, -0.2) is 55.5 Å². The van der Waals surface area contributed by atoms with Crippen LogP contribution in [0, 0.1) is 12.8 Å². The van der Waals surface area contributed by atoms with Crippen LogP contribution in [0.2, 0.25) is 0 Å². The lowest BCUT2D eigenvalue weighted by atomic mass is 10.1. The average molecular weight is 374 g/mol. The molecule has 2 aliphatic heterocycles. The number of methoxy groups -OCH3 is 1. The number of aryl methyl sites for hydroxylation is 1. The van der Waals surface area contributed by atoms with Crippen molar-refractivity contribution in [2.24, 2.45) is 5.92 Å². The molecule has 3 rings (SSSR count). The maximum atomic E-state index is 12.5. The van der Waals surface area contributed by atoms with E-state index in [1.165, 1.54) is 0 Å². The van der Waals surface area contributed by atoms with Gasteiger partial charge in [-0.05, 0) is 44.4 Å². The molecule has 0 bridgehead atoms. The molecule has 7 nitrogen and oxygen atoms in total. The molecule has 0 aliphatic carbocycles. The topological polar surface area (TPSA) is 76.2 Å². The van der Waals surface area contributed by atoms with Crippen molar-refractivity contribution in [1.29, 1.82) is 0 Å². The third-order valence-electron chi connectivity index (χ3n) is 5.14. The first-order valence-corrected chi connectivity index (χ1v) is 9.35. The fourth-order valence-corrected chi connectivity index (χ4v) is 3.62. The first-order chi connectivity index (χ1) is 12.9. The number of anilines is 1. The minimum absolute atomic E-state index is 0.0700. The number of nitrogens with zero attached hydrogens (tertiary/aromatic N) is 2. The average Bonchev–Trinajstić information content (AvgIpc) is 3.30. The van der Waals surface area contributed by atoms with Crippen molar-refractivity contribution in [3.63, 3.8) is 0 Å². The molecule has 0 saturated carbocycles. The van der Waals surface area contributed by atoms with Crippen molar-refractivity contribution in [3.8, 4) is 5.75 Å². The molecule has 2 fully saturated rings. The molecule has 1 aromatic rings. The normalized spacial score (nSPS) is 20.7. The van der Waals surface area contributed by atoms with E-state index in [2.05, 4.69) is 0 Å². The number of amides is 2. The smallest absolute Gasteiger partial charge is 0.312 e. The van der Waals surface area contributed by atoms with Crippen LogP contribution in [0.4, 0.5) is 5.69 Å². The highest BCUT2D eigenvalue weighted by Gasteiger charge is 2.38. The number of carbonyl (C=O) groups excluding carboxylic acids is 3. The van der Waals surface area contributed by atoms with Gasteiger partial charge in [0.1, 0.15) is 5.75 Å². The zero-order chi connectivity index (χ0) is 19.6. The number of esters is 1. The number of likely N-dealkylation sites (tertiary alicyclic amines) is 1. The second-order valence-corrected chi connectivity index (χ2v) is 7.19. The lowest BCUT2D eigenvalue weighted by Crippen LogP contribution is -2.39. The summed E-state index contributed by atoms with van der Waals surface area (Å²) in [5.41, 5.74) is 1.65. The Morgan fingerprint density at radius 1 is 1.22 bits per heavy atom. The Kier molecular flexibility index (Phi) is 5.68. The molecule has 2 saturated heterocycles. The Bertz CT molecular complexity index is 742. The summed E-state index contributed by atoms with van der Waals surface area (Å²) in [5.74, 6) is -0.823. The number of carbonyl (C=O) groups is 3. The van der Waals surface area contributed by atoms with Gasteiger partial charge < -0.3 is 19.3 Å². The first-order valence-electron chi connectivity index (χ1n) is 9.35. The van der Waals surface area contributed by atoms with Crippen molar-refractivity contribution in [3.05, 3.63) is 23.8 Å². The van der Waals surface area contributed by atoms with Crippen molar-refractivity contribution in [2.45, 2.75) is 39.2 Å². The minimum Gasteiger partial charge on any atom is -0.495 e. The van der Waals surface area contributed by atoms with Gasteiger partial charge in [-0.25, -0.2) is 0 Å². The predicted molar refractivity (Wildman–Crippen MR) is 99.6 cm³/mol. The number of ether oxygens (including phenoxy) is 2. The zero-order valence-electron chi connectivity index (χ0n) is 16.1. The van der Waals surface area contributed by atoms with Crippen LogP contribution in [0.15, 0.2) is 18.2 Å². The summed E-state index contributed by atoms with van der Waals surface area (Å²) >= 11 is 0. The zero-order valence-corrected chi connectivity index (χ0v) is 16.1. The standard InChI is InChI=1S/C20H26N2O5/c1-13-6-7-17(26-3)16(10-13)22-12-15(11-18(22)23)20(25)27-14(2)19(24)21-8-4-5-9-21/h6-7,10,14-15H,4-5,8-9,11-12H2,1-3H3/t14-,15-/m0/s1. The quantitative estimate of drug-likeness (QED) is 0.736.